The van der Waals surface area contributed by atoms with Crippen molar-refractivity contribution in [2.45, 2.75) is 6.92 Å². The zero-order valence-electron chi connectivity index (χ0n) is 10.1. The summed E-state index contributed by atoms with van der Waals surface area (Å²) in [6, 6.07) is 3.07. The molecule has 0 aliphatic rings. The molecule has 0 unspecified atom stereocenters. The van der Waals surface area contributed by atoms with Crippen LogP contribution in [0.3, 0.4) is 0 Å². The van der Waals surface area contributed by atoms with Crippen LogP contribution in [0.4, 0.5) is 17.2 Å². The van der Waals surface area contributed by atoms with Gasteiger partial charge in [0.1, 0.15) is 5.69 Å². The quantitative estimate of drug-likeness (QED) is 0.732. The zero-order valence-corrected chi connectivity index (χ0v) is 10.1. The Bertz CT molecular complexity index is 604. The van der Waals surface area contributed by atoms with E-state index < -0.39 is 5.91 Å². The minimum atomic E-state index is -0.596. The molecule has 0 radical (unpaired) electrons. The molecule has 0 spiro atoms. The van der Waals surface area contributed by atoms with Crippen molar-refractivity contribution in [3.63, 3.8) is 0 Å². The third-order valence-electron chi connectivity index (χ3n) is 2.45. The summed E-state index contributed by atoms with van der Waals surface area (Å²) in [7, 11) is 1.81. The average molecular weight is 246 g/mol. The molecule has 0 aromatic carbocycles. The first-order valence-electron chi connectivity index (χ1n) is 5.31. The number of anilines is 3. The first-order valence-corrected chi connectivity index (χ1v) is 5.31. The molecule has 0 fully saturated rings. The monoisotopic (exact) mass is 246 g/mol. The van der Waals surface area contributed by atoms with Crippen molar-refractivity contribution >= 4 is 23.1 Å². The number of primary amides is 1. The van der Waals surface area contributed by atoms with Crippen molar-refractivity contribution in [3.05, 3.63) is 29.7 Å². The lowest BCUT2D eigenvalue weighted by atomic mass is 10.3. The summed E-state index contributed by atoms with van der Waals surface area (Å²) in [5.41, 5.74) is 13.1. The number of aromatic nitrogens is 3. The Morgan fingerprint density at radius 1 is 1.44 bits per heavy atom. The van der Waals surface area contributed by atoms with Crippen molar-refractivity contribution in [3.8, 4) is 0 Å². The van der Waals surface area contributed by atoms with Gasteiger partial charge in [-0.1, -0.05) is 0 Å². The van der Waals surface area contributed by atoms with Gasteiger partial charge in [0.25, 0.3) is 5.91 Å². The highest BCUT2D eigenvalue weighted by atomic mass is 16.1. The van der Waals surface area contributed by atoms with E-state index in [2.05, 4.69) is 15.4 Å². The summed E-state index contributed by atoms with van der Waals surface area (Å²) in [6.45, 7) is 1.86. The van der Waals surface area contributed by atoms with E-state index in [1.807, 2.05) is 14.0 Å². The summed E-state index contributed by atoms with van der Waals surface area (Å²) < 4.78 is 1.67. The molecule has 0 aliphatic heterocycles. The molecular weight excluding hydrogens is 232 g/mol. The van der Waals surface area contributed by atoms with Gasteiger partial charge in [0.15, 0.2) is 5.82 Å². The van der Waals surface area contributed by atoms with Crippen LogP contribution in [0.2, 0.25) is 0 Å². The third kappa shape index (κ3) is 2.24. The molecule has 7 nitrogen and oxygen atoms in total. The second kappa shape index (κ2) is 4.36. The van der Waals surface area contributed by atoms with Crippen LogP contribution in [-0.2, 0) is 7.05 Å². The number of nitrogens with one attached hydrogen (secondary N) is 1. The van der Waals surface area contributed by atoms with Crippen LogP contribution >= 0.6 is 0 Å². The van der Waals surface area contributed by atoms with E-state index >= 15 is 0 Å². The highest BCUT2D eigenvalue weighted by Gasteiger charge is 2.10. The summed E-state index contributed by atoms with van der Waals surface area (Å²) in [6.07, 6.45) is 1.80. The molecule has 0 bridgehead atoms. The lowest BCUT2D eigenvalue weighted by molar-refractivity contribution is 0.0996. The second-order valence-corrected chi connectivity index (χ2v) is 3.93. The number of nitrogen functional groups attached to an aromatic ring is 1. The number of carbonyl (C=O) groups is 1. The highest BCUT2D eigenvalue weighted by Crippen LogP contribution is 2.22. The Kier molecular flexibility index (Phi) is 2.88. The van der Waals surface area contributed by atoms with Crippen molar-refractivity contribution in [1.82, 2.24) is 14.8 Å². The molecule has 5 N–H and O–H groups in total. The van der Waals surface area contributed by atoms with Gasteiger partial charge in [0.05, 0.1) is 17.1 Å². The predicted octanol–water partition coefficient (Wildman–Crippen LogP) is 0.548. The first-order chi connectivity index (χ1) is 8.47. The Hall–Kier alpha value is -2.57. The van der Waals surface area contributed by atoms with Crippen molar-refractivity contribution in [1.29, 1.82) is 0 Å². The van der Waals surface area contributed by atoms with Gasteiger partial charge in [-0.25, -0.2) is 4.98 Å². The molecule has 7 heteroatoms. The summed E-state index contributed by atoms with van der Waals surface area (Å²) in [4.78, 5) is 15.1. The zero-order chi connectivity index (χ0) is 13.3. The van der Waals surface area contributed by atoms with E-state index in [4.69, 9.17) is 11.5 Å². The maximum atomic E-state index is 11.1. The number of carbonyl (C=O) groups excluding carboxylic acids is 1. The van der Waals surface area contributed by atoms with Gasteiger partial charge in [-0.2, -0.15) is 5.10 Å². The molecule has 1 amide bonds. The Balaban J connectivity index is 2.36. The van der Waals surface area contributed by atoms with Crippen LogP contribution in [0.15, 0.2) is 18.3 Å². The highest BCUT2D eigenvalue weighted by molar-refractivity contribution is 5.92. The van der Waals surface area contributed by atoms with E-state index in [1.54, 1.807) is 16.9 Å². The number of nitrogens with zero attached hydrogens (tertiary/aromatic N) is 3. The van der Waals surface area contributed by atoms with Gasteiger partial charge in [0.2, 0.25) is 0 Å². The Morgan fingerprint density at radius 3 is 2.72 bits per heavy atom. The van der Waals surface area contributed by atoms with E-state index in [1.165, 1.54) is 6.07 Å². The van der Waals surface area contributed by atoms with Crippen molar-refractivity contribution in [2.75, 3.05) is 11.1 Å². The van der Waals surface area contributed by atoms with Gasteiger partial charge < -0.3 is 16.8 Å². The molecule has 2 aromatic rings. The lowest BCUT2D eigenvalue weighted by Gasteiger charge is -2.08. The Morgan fingerprint density at radius 2 is 2.17 bits per heavy atom. The second-order valence-electron chi connectivity index (χ2n) is 3.93. The van der Waals surface area contributed by atoms with Crippen LogP contribution in [0.1, 0.15) is 16.2 Å². The minimum Gasteiger partial charge on any atom is -0.396 e. The van der Waals surface area contributed by atoms with Crippen molar-refractivity contribution < 1.29 is 4.79 Å². The SMILES string of the molecule is Cc1nn(C)cc1Nc1nc(C(N)=O)ccc1N. The van der Waals surface area contributed by atoms with Crippen LogP contribution in [-0.4, -0.2) is 20.7 Å². The standard InChI is InChI=1S/C11H14N6O/c1-6-9(5-17(2)16-6)15-11-7(12)3-4-8(14-11)10(13)18/h3-5H,12H2,1-2H3,(H2,13,18)(H,14,15). The van der Waals surface area contributed by atoms with Gasteiger partial charge in [0, 0.05) is 13.2 Å². The number of hydrogen-bond donors (Lipinski definition) is 3. The molecule has 0 atom stereocenters. The normalized spacial score (nSPS) is 10.3. The molecular formula is C11H14N6O. The van der Waals surface area contributed by atoms with Crippen LogP contribution < -0.4 is 16.8 Å². The maximum absolute atomic E-state index is 11.1. The maximum Gasteiger partial charge on any atom is 0.267 e. The number of aryl methyl sites for hydroxylation is 2. The van der Waals surface area contributed by atoms with Crippen LogP contribution in [0, 0.1) is 6.92 Å². The molecule has 2 aromatic heterocycles. The van der Waals surface area contributed by atoms with Crippen LogP contribution in [0.25, 0.3) is 0 Å². The van der Waals surface area contributed by atoms with E-state index in [0.29, 0.717) is 11.5 Å². The number of hydrogen-bond acceptors (Lipinski definition) is 5. The van der Waals surface area contributed by atoms with Gasteiger partial charge >= 0.3 is 0 Å². The molecule has 0 aliphatic carbocycles. The Labute approximate surface area is 104 Å². The van der Waals surface area contributed by atoms with Gasteiger partial charge in [-0.3, -0.25) is 9.48 Å². The van der Waals surface area contributed by atoms with E-state index in [0.717, 1.165) is 11.4 Å². The molecule has 0 saturated heterocycles. The molecule has 94 valence electrons. The molecule has 18 heavy (non-hydrogen) atoms. The summed E-state index contributed by atoms with van der Waals surface area (Å²) in [5, 5.41) is 7.22. The fourth-order valence-corrected chi connectivity index (χ4v) is 1.56. The van der Waals surface area contributed by atoms with Gasteiger partial charge in [-0.15, -0.1) is 0 Å². The first kappa shape index (κ1) is 11.9. The van der Waals surface area contributed by atoms with E-state index in [9.17, 15) is 4.79 Å². The number of pyridine rings is 1. The summed E-state index contributed by atoms with van der Waals surface area (Å²) in [5.74, 6) is -0.205. The lowest BCUT2D eigenvalue weighted by Crippen LogP contribution is -2.14. The fourth-order valence-electron chi connectivity index (χ4n) is 1.56. The van der Waals surface area contributed by atoms with Gasteiger partial charge in [-0.05, 0) is 19.1 Å². The van der Waals surface area contributed by atoms with Crippen LogP contribution in [0.5, 0.6) is 0 Å². The number of rotatable bonds is 3. The summed E-state index contributed by atoms with van der Waals surface area (Å²) >= 11 is 0. The fraction of sp³-hybridized carbons (Fsp3) is 0.182. The average Bonchev–Trinajstić information content (AvgIpc) is 2.60. The number of amides is 1. The smallest absolute Gasteiger partial charge is 0.267 e. The molecule has 0 saturated carbocycles. The number of nitrogens with two attached hydrogens (primary N) is 2. The van der Waals surface area contributed by atoms with Crippen molar-refractivity contribution in [2.24, 2.45) is 12.8 Å². The predicted molar refractivity (Wildman–Crippen MR) is 68.4 cm³/mol. The largest absolute Gasteiger partial charge is 0.396 e. The third-order valence-corrected chi connectivity index (χ3v) is 2.45. The topological polar surface area (TPSA) is 112 Å². The molecule has 2 rings (SSSR count). The molecule has 2 heterocycles. The van der Waals surface area contributed by atoms with E-state index in [-0.39, 0.29) is 5.69 Å². The minimum absolute atomic E-state index is 0.160.